The van der Waals surface area contributed by atoms with Crippen LogP contribution < -0.4 is 4.74 Å². The molecule has 106 valence electrons. The summed E-state index contributed by atoms with van der Waals surface area (Å²) >= 11 is 6.00. The first-order valence-electron chi connectivity index (χ1n) is 6.39. The van der Waals surface area contributed by atoms with Crippen molar-refractivity contribution in [2.24, 2.45) is 0 Å². The summed E-state index contributed by atoms with van der Waals surface area (Å²) in [6.07, 6.45) is 3.46. The lowest BCUT2D eigenvalue weighted by Gasteiger charge is -2.13. The smallest absolute Gasteiger partial charge is 0.170 e. The predicted molar refractivity (Wildman–Crippen MR) is 80.7 cm³/mol. The molecule has 0 atom stereocenters. The number of nitrogens with zero attached hydrogens (tertiary/aromatic N) is 4. The van der Waals surface area contributed by atoms with Gasteiger partial charge in [0.25, 0.3) is 0 Å². The normalized spacial score (nSPS) is 10.6. The van der Waals surface area contributed by atoms with Crippen LogP contribution in [-0.4, -0.2) is 26.9 Å². The maximum atomic E-state index is 6.00. The van der Waals surface area contributed by atoms with Crippen LogP contribution >= 0.6 is 11.6 Å². The summed E-state index contributed by atoms with van der Waals surface area (Å²) in [5.41, 5.74) is 1.71. The average Bonchev–Trinajstić information content (AvgIpc) is 2.99. The van der Waals surface area contributed by atoms with E-state index >= 15 is 0 Å². The topological polar surface area (TPSA) is 52.8 Å². The van der Waals surface area contributed by atoms with Gasteiger partial charge in [0.1, 0.15) is 5.75 Å². The molecule has 3 rings (SSSR count). The second kappa shape index (κ2) is 5.93. The van der Waals surface area contributed by atoms with Gasteiger partial charge in [-0.1, -0.05) is 12.1 Å². The summed E-state index contributed by atoms with van der Waals surface area (Å²) in [4.78, 5) is 4.13. The second-order valence-corrected chi connectivity index (χ2v) is 4.59. The summed E-state index contributed by atoms with van der Waals surface area (Å²) in [5.74, 6) is 2.32. The molecule has 0 aliphatic carbocycles. The molecule has 5 nitrogen and oxygen atoms in total. The van der Waals surface area contributed by atoms with E-state index in [9.17, 15) is 0 Å². The fourth-order valence-corrected chi connectivity index (χ4v) is 2.33. The number of hydrogen-bond donors (Lipinski definition) is 0. The highest BCUT2D eigenvalue weighted by Crippen LogP contribution is 2.28. The first-order chi connectivity index (χ1) is 10.3. The van der Waals surface area contributed by atoms with Crippen molar-refractivity contribution in [2.75, 3.05) is 7.11 Å². The number of pyridine rings is 1. The van der Waals surface area contributed by atoms with E-state index in [0.29, 0.717) is 11.6 Å². The SMILES string of the molecule is COc1ccccc1-n1c(CCl)nnc1-c1cccnc1. The Hall–Kier alpha value is -2.40. The monoisotopic (exact) mass is 300 g/mol. The average molecular weight is 301 g/mol. The van der Waals surface area contributed by atoms with Crippen LogP contribution in [0.1, 0.15) is 5.82 Å². The number of methoxy groups -OCH3 is 1. The van der Waals surface area contributed by atoms with E-state index in [1.165, 1.54) is 0 Å². The number of alkyl halides is 1. The zero-order valence-corrected chi connectivity index (χ0v) is 12.2. The minimum Gasteiger partial charge on any atom is -0.495 e. The molecule has 0 aliphatic heterocycles. The van der Waals surface area contributed by atoms with Crippen molar-refractivity contribution in [3.05, 3.63) is 54.6 Å². The largest absolute Gasteiger partial charge is 0.495 e. The van der Waals surface area contributed by atoms with Crippen LogP contribution in [0.15, 0.2) is 48.8 Å². The van der Waals surface area contributed by atoms with Gasteiger partial charge in [-0.2, -0.15) is 0 Å². The molecule has 1 aromatic carbocycles. The van der Waals surface area contributed by atoms with Crippen molar-refractivity contribution in [3.63, 3.8) is 0 Å². The van der Waals surface area contributed by atoms with Crippen LogP contribution in [0.4, 0.5) is 0 Å². The Morgan fingerprint density at radius 1 is 1.14 bits per heavy atom. The highest BCUT2D eigenvalue weighted by molar-refractivity contribution is 6.16. The second-order valence-electron chi connectivity index (χ2n) is 4.32. The summed E-state index contributed by atoms with van der Waals surface area (Å²) in [5, 5.41) is 8.40. The van der Waals surface area contributed by atoms with Gasteiger partial charge in [-0.3, -0.25) is 9.55 Å². The molecule has 3 aromatic rings. The lowest BCUT2D eigenvalue weighted by atomic mass is 10.2. The van der Waals surface area contributed by atoms with E-state index in [0.717, 1.165) is 17.0 Å². The van der Waals surface area contributed by atoms with Gasteiger partial charge >= 0.3 is 0 Å². The first kappa shape index (κ1) is 13.6. The molecule has 2 heterocycles. The Bertz CT molecular complexity index is 742. The highest BCUT2D eigenvalue weighted by atomic mass is 35.5. The molecule has 0 N–H and O–H groups in total. The molecule has 0 radical (unpaired) electrons. The number of benzene rings is 1. The Labute approximate surface area is 127 Å². The molecule has 0 bridgehead atoms. The molecule has 6 heteroatoms. The molecular formula is C15H13ClN4O. The van der Waals surface area contributed by atoms with E-state index in [1.807, 2.05) is 41.0 Å². The molecule has 0 saturated heterocycles. The summed E-state index contributed by atoms with van der Waals surface area (Å²) in [6.45, 7) is 0. The van der Waals surface area contributed by atoms with Crippen LogP contribution in [0.3, 0.4) is 0 Å². The summed E-state index contributed by atoms with van der Waals surface area (Å²) < 4.78 is 7.32. The van der Waals surface area contributed by atoms with Crippen molar-refractivity contribution < 1.29 is 4.74 Å². The van der Waals surface area contributed by atoms with Crippen molar-refractivity contribution in [2.45, 2.75) is 5.88 Å². The van der Waals surface area contributed by atoms with Gasteiger partial charge in [-0.25, -0.2) is 0 Å². The number of ether oxygens (including phenoxy) is 1. The third-order valence-corrected chi connectivity index (χ3v) is 3.33. The molecule has 21 heavy (non-hydrogen) atoms. The van der Waals surface area contributed by atoms with E-state index in [4.69, 9.17) is 16.3 Å². The Balaban J connectivity index is 2.24. The van der Waals surface area contributed by atoms with Gasteiger partial charge in [0, 0.05) is 18.0 Å². The first-order valence-corrected chi connectivity index (χ1v) is 6.92. The van der Waals surface area contributed by atoms with Crippen LogP contribution in [-0.2, 0) is 5.88 Å². The van der Waals surface area contributed by atoms with Gasteiger partial charge in [-0.05, 0) is 24.3 Å². The zero-order chi connectivity index (χ0) is 14.7. The third kappa shape index (κ3) is 2.48. The third-order valence-electron chi connectivity index (χ3n) is 3.10. The van der Waals surface area contributed by atoms with E-state index in [-0.39, 0.29) is 5.88 Å². The van der Waals surface area contributed by atoms with Gasteiger partial charge in [0.2, 0.25) is 0 Å². The maximum Gasteiger partial charge on any atom is 0.170 e. The highest BCUT2D eigenvalue weighted by Gasteiger charge is 2.17. The van der Waals surface area contributed by atoms with E-state index in [2.05, 4.69) is 15.2 Å². The van der Waals surface area contributed by atoms with Gasteiger partial charge in [-0.15, -0.1) is 21.8 Å². The van der Waals surface area contributed by atoms with Crippen LogP contribution in [0.2, 0.25) is 0 Å². The zero-order valence-electron chi connectivity index (χ0n) is 11.4. The minimum atomic E-state index is 0.255. The van der Waals surface area contributed by atoms with E-state index in [1.54, 1.807) is 19.5 Å². The Morgan fingerprint density at radius 3 is 2.71 bits per heavy atom. The number of aromatic nitrogens is 4. The molecule has 0 saturated carbocycles. The molecule has 0 unspecified atom stereocenters. The standard InChI is InChI=1S/C15H13ClN4O/c1-21-13-7-3-2-6-12(13)20-14(9-16)18-19-15(20)11-5-4-8-17-10-11/h2-8,10H,9H2,1H3. The van der Waals surface area contributed by atoms with Gasteiger partial charge in [0.15, 0.2) is 11.6 Å². The lowest BCUT2D eigenvalue weighted by Crippen LogP contribution is -2.04. The van der Waals surface area contributed by atoms with Crippen LogP contribution in [0.25, 0.3) is 17.1 Å². The predicted octanol–water partition coefficient (Wildman–Crippen LogP) is 3.08. The Kier molecular flexibility index (Phi) is 3.83. The Morgan fingerprint density at radius 2 is 2.00 bits per heavy atom. The fraction of sp³-hybridized carbons (Fsp3) is 0.133. The molecule has 2 aromatic heterocycles. The molecule has 0 spiro atoms. The van der Waals surface area contributed by atoms with Crippen molar-refractivity contribution in [1.82, 2.24) is 19.7 Å². The van der Waals surface area contributed by atoms with Crippen molar-refractivity contribution in [1.29, 1.82) is 0 Å². The van der Waals surface area contributed by atoms with E-state index < -0.39 is 0 Å². The fourth-order valence-electron chi connectivity index (χ4n) is 2.15. The van der Waals surface area contributed by atoms with Crippen molar-refractivity contribution in [3.8, 4) is 22.8 Å². The molecular weight excluding hydrogens is 288 g/mol. The quantitative estimate of drug-likeness (QED) is 0.695. The van der Waals surface area contributed by atoms with Gasteiger partial charge < -0.3 is 4.74 Å². The maximum absolute atomic E-state index is 6.00. The van der Waals surface area contributed by atoms with Crippen LogP contribution in [0, 0.1) is 0 Å². The molecule has 0 amide bonds. The van der Waals surface area contributed by atoms with Gasteiger partial charge in [0.05, 0.1) is 18.7 Å². The number of rotatable bonds is 4. The number of hydrogen-bond acceptors (Lipinski definition) is 4. The number of para-hydroxylation sites is 2. The van der Waals surface area contributed by atoms with Crippen molar-refractivity contribution >= 4 is 11.6 Å². The van der Waals surface area contributed by atoms with Crippen LogP contribution in [0.5, 0.6) is 5.75 Å². The minimum absolute atomic E-state index is 0.255. The number of halogens is 1. The summed E-state index contributed by atoms with van der Waals surface area (Å²) in [7, 11) is 1.63. The lowest BCUT2D eigenvalue weighted by molar-refractivity contribution is 0.412. The molecule has 0 fully saturated rings. The molecule has 0 aliphatic rings. The summed E-state index contributed by atoms with van der Waals surface area (Å²) in [6, 6.07) is 11.5.